The molecule has 0 bridgehead atoms. The predicted molar refractivity (Wildman–Crippen MR) is 130 cm³/mol. The van der Waals surface area contributed by atoms with E-state index < -0.39 is 35.4 Å². The lowest BCUT2D eigenvalue weighted by atomic mass is 10.0. The molecule has 2 aromatic heterocycles. The normalized spacial score (nSPS) is 11.5. The largest absolute Gasteiger partial charge is 0.454 e. The summed E-state index contributed by atoms with van der Waals surface area (Å²) in [5, 5.41) is 18.7. The van der Waals surface area contributed by atoms with E-state index in [0.717, 1.165) is 16.5 Å². The molecule has 178 valence electrons. The van der Waals surface area contributed by atoms with E-state index in [4.69, 9.17) is 4.74 Å². The average Bonchev–Trinajstić information content (AvgIpc) is 3.53. The van der Waals surface area contributed by atoms with Crippen LogP contribution < -0.4 is 10.6 Å². The van der Waals surface area contributed by atoms with Crippen LogP contribution in [0.3, 0.4) is 0 Å². The molecule has 0 aliphatic carbocycles. The quantitative estimate of drug-likeness (QED) is 0.185. The van der Waals surface area contributed by atoms with Gasteiger partial charge in [0.25, 0.3) is 17.5 Å². The van der Waals surface area contributed by atoms with Crippen molar-refractivity contribution in [1.29, 1.82) is 0 Å². The van der Waals surface area contributed by atoms with Crippen LogP contribution in [0.15, 0.2) is 72.2 Å². The lowest BCUT2D eigenvalue weighted by Gasteiger charge is -2.17. The van der Waals surface area contributed by atoms with Gasteiger partial charge < -0.3 is 20.4 Å². The maximum atomic E-state index is 12.9. The first-order valence-electron chi connectivity index (χ1n) is 10.5. The number of amides is 2. The Hall–Kier alpha value is -4.51. The van der Waals surface area contributed by atoms with Gasteiger partial charge in [0.15, 0.2) is 6.61 Å². The highest BCUT2D eigenvalue weighted by Gasteiger charge is 2.26. The minimum Gasteiger partial charge on any atom is -0.454 e. The zero-order chi connectivity index (χ0) is 24.8. The van der Waals surface area contributed by atoms with Crippen LogP contribution in [0.25, 0.3) is 10.9 Å². The molecule has 11 heteroatoms. The van der Waals surface area contributed by atoms with E-state index in [1.807, 2.05) is 24.3 Å². The summed E-state index contributed by atoms with van der Waals surface area (Å²) >= 11 is 1.24. The molecule has 0 aliphatic rings. The number of hydrogen-bond acceptors (Lipinski definition) is 7. The Morgan fingerprint density at radius 1 is 1.09 bits per heavy atom. The Morgan fingerprint density at radius 2 is 1.91 bits per heavy atom. The van der Waals surface area contributed by atoms with Gasteiger partial charge in [-0.2, -0.15) is 0 Å². The molecule has 2 aromatic carbocycles. The number of carbonyl (C=O) groups excluding carboxylic acids is 3. The molecular weight excluding hydrogens is 472 g/mol. The molecule has 0 spiro atoms. The van der Waals surface area contributed by atoms with Crippen LogP contribution in [0.4, 0.5) is 11.4 Å². The molecule has 1 atom stereocenters. The van der Waals surface area contributed by atoms with Gasteiger partial charge in [-0.25, -0.2) is 4.79 Å². The van der Waals surface area contributed by atoms with E-state index >= 15 is 0 Å². The third kappa shape index (κ3) is 5.89. The summed E-state index contributed by atoms with van der Waals surface area (Å²) in [5.41, 5.74) is 1.70. The highest BCUT2D eigenvalue weighted by atomic mass is 32.1. The van der Waals surface area contributed by atoms with Crippen LogP contribution in [0.5, 0.6) is 0 Å². The van der Waals surface area contributed by atoms with Crippen LogP contribution in [0.2, 0.25) is 0 Å². The number of H-pyrrole nitrogens is 1. The van der Waals surface area contributed by atoms with Crippen molar-refractivity contribution in [2.45, 2.75) is 12.5 Å². The van der Waals surface area contributed by atoms with Gasteiger partial charge in [-0.15, -0.1) is 11.3 Å². The maximum absolute atomic E-state index is 12.9. The molecule has 10 nitrogen and oxygen atoms in total. The summed E-state index contributed by atoms with van der Waals surface area (Å²) in [5.74, 6) is -1.88. The average molecular weight is 493 g/mol. The van der Waals surface area contributed by atoms with Crippen LogP contribution in [-0.4, -0.2) is 40.3 Å². The molecule has 4 aromatic rings. The van der Waals surface area contributed by atoms with E-state index in [1.165, 1.54) is 35.6 Å². The molecule has 0 fully saturated rings. The van der Waals surface area contributed by atoms with Gasteiger partial charge in [-0.05, 0) is 29.1 Å². The number of nitrogens with one attached hydrogen (secondary N) is 3. The minimum atomic E-state index is -1.05. The fraction of sp³-hybridized carbons (Fsp3) is 0.125. The second-order valence-electron chi connectivity index (χ2n) is 7.53. The molecular formula is C24H20N4O6S. The third-order valence-electron chi connectivity index (χ3n) is 5.12. The van der Waals surface area contributed by atoms with Crippen molar-refractivity contribution in [2.24, 2.45) is 0 Å². The molecule has 0 radical (unpaired) electrons. The molecule has 2 amide bonds. The second kappa shape index (κ2) is 10.6. The summed E-state index contributed by atoms with van der Waals surface area (Å²) in [4.78, 5) is 51.7. The van der Waals surface area contributed by atoms with Crippen LogP contribution in [0, 0.1) is 10.1 Å². The van der Waals surface area contributed by atoms with E-state index in [1.54, 1.807) is 23.7 Å². The first kappa shape index (κ1) is 23.6. The minimum absolute atomic E-state index is 0.145. The first-order chi connectivity index (χ1) is 16.9. The highest BCUT2D eigenvalue weighted by Crippen LogP contribution is 2.20. The van der Waals surface area contributed by atoms with Gasteiger partial charge in [-0.3, -0.25) is 19.7 Å². The standard InChI is InChI=1S/C24H20N4O6S/c29-22(26-16-5-3-6-17(12-16)28(32)33)14-34-24(31)20(27-23(30)21-9-4-10-35-21)11-15-13-25-19-8-2-1-7-18(15)19/h1-10,12-13,20,25H,11,14H2,(H,26,29)(H,27,30). The number of fused-ring (bicyclic) bond motifs is 1. The van der Waals surface area contributed by atoms with Gasteiger partial charge in [0.2, 0.25) is 0 Å². The number of thiophene rings is 1. The predicted octanol–water partition coefficient (Wildman–Crippen LogP) is 3.66. The number of aromatic amines is 1. The number of nitro groups is 1. The number of non-ortho nitro benzene ring substituents is 1. The Labute approximate surface area is 203 Å². The molecule has 0 aliphatic heterocycles. The van der Waals surface area contributed by atoms with Gasteiger partial charge in [0.05, 0.1) is 9.80 Å². The second-order valence-corrected chi connectivity index (χ2v) is 8.48. The van der Waals surface area contributed by atoms with Crippen molar-refractivity contribution in [1.82, 2.24) is 10.3 Å². The number of hydrogen-bond donors (Lipinski definition) is 3. The van der Waals surface area contributed by atoms with Crippen LogP contribution in [0.1, 0.15) is 15.2 Å². The summed E-state index contributed by atoms with van der Waals surface area (Å²) in [6.07, 6.45) is 1.91. The number of rotatable bonds is 9. The smallest absolute Gasteiger partial charge is 0.329 e. The molecule has 1 unspecified atom stereocenters. The van der Waals surface area contributed by atoms with Gasteiger partial charge in [-0.1, -0.05) is 30.3 Å². The zero-order valence-corrected chi connectivity index (χ0v) is 19.0. The summed E-state index contributed by atoms with van der Waals surface area (Å²) < 4.78 is 5.19. The van der Waals surface area contributed by atoms with Gasteiger partial charge in [0, 0.05) is 41.3 Å². The van der Waals surface area contributed by atoms with Crippen molar-refractivity contribution in [3.63, 3.8) is 0 Å². The Balaban J connectivity index is 1.44. The molecule has 35 heavy (non-hydrogen) atoms. The maximum Gasteiger partial charge on any atom is 0.329 e. The fourth-order valence-corrected chi connectivity index (χ4v) is 4.11. The summed E-state index contributed by atoms with van der Waals surface area (Å²) in [6.45, 7) is -0.624. The highest BCUT2D eigenvalue weighted by molar-refractivity contribution is 7.12. The number of ether oxygens (including phenoxy) is 1. The van der Waals surface area contributed by atoms with Crippen LogP contribution in [-0.2, 0) is 20.7 Å². The van der Waals surface area contributed by atoms with Crippen molar-refractivity contribution < 1.29 is 24.0 Å². The lowest BCUT2D eigenvalue weighted by Crippen LogP contribution is -2.43. The summed E-state index contributed by atoms with van der Waals surface area (Å²) in [6, 6.07) is 15.3. The number of esters is 1. The molecule has 3 N–H and O–H groups in total. The molecule has 0 saturated carbocycles. The van der Waals surface area contributed by atoms with E-state index in [9.17, 15) is 24.5 Å². The van der Waals surface area contributed by atoms with E-state index in [0.29, 0.717) is 4.88 Å². The number of para-hydroxylation sites is 1. The number of benzene rings is 2. The third-order valence-corrected chi connectivity index (χ3v) is 5.99. The molecule has 0 saturated heterocycles. The summed E-state index contributed by atoms with van der Waals surface area (Å²) in [7, 11) is 0. The van der Waals surface area contributed by atoms with Crippen molar-refractivity contribution in [2.75, 3.05) is 11.9 Å². The van der Waals surface area contributed by atoms with Gasteiger partial charge >= 0.3 is 5.97 Å². The number of nitrogens with zero attached hydrogens (tertiary/aromatic N) is 1. The number of aromatic nitrogens is 1. The Kier molecular flexibility index (Phi) is 7.17. The number of carbonyl (C=O) groups is 3. The molecule has 4 rings (SSSR count). The Bertz CT molecular complexity index is 1380. The SMILES string of the molecule is O=C(COC(=O)C(Cc1c[nH]c2ccccc12)NC(=O)c1cccs1)Nc1cccc([N+](=O)[O-])c1. The van der Waals surface area contributed by atoms with Crippen molar-refractivity contribution in [3.8, 4) is 0 Å². The zero-order valence-electron chi connectivity index (χ0n) is 18.2. The lowest BCUT2D eigenvalue weighted by molar-refractivity contribution is -0.384. The number of anilines is 1. The van der Waals surface area contributed by atoms with Crippen molar-refractivity contribution >= 4 is 51.4 Å². The van der Waals surface area contributed by atoms with E-state index in [2.05, 4.69) is 15.6 Å². The van der Waals surface area contributed by atoms with Crippen molar-refractivity contribution in [3.05, 3.63) is 92.8 Å². The van der Waals surface area contributed by atoms with Gasteiger partial charge in [0.1, 0.15) is 6.04 Å². The molecule has 2 heterocycles. The fourth-order valence-electron chi connectivity index (χ4n) is 3.48. The topological polar surface area (TPSA) is 143 Å². The first-order valence-corrected chi connectivity index (χ1v) is 11.4. The number of nitro benzene ring substituents is 1. The monoisotopic (exact) mass is 492 g/mol. The van der Waals surface area contributed by atoms with Crippen LogP contribution >= 0.6 is 11.3 Å². The van der Waals surface area contributed by atoms with E-state index in [-0.39, 0.29) is 17.8 Å². The Morgan fingerprint density at radius 3 is 2.69 bits per heavy atom.